The van der Waals surface area contributed by atoms with Crippen LogP contribution in [-0.2, 0) is 16.1 Å². The van der Waals surface area contributed by atoms with Gasteiger partial charge in [-0.25, -0.2) is 0 Å². The Labute approximate surface area is 178 Å². The molecule has 0 aromatic heterocycles. The summed E-state index contributed by atoms with van der Waals surface area (Å²) in [5.74, 6) is 0.0131. The summed E-state index contributed by atoms with van der Waals surface area (Å²) in [6.07, 6.45) is 0.502. The number of para-hydroxylation sites is 1. The fourth-order valence-electron chi connectivity index (χ4n) is 3.06. The molecule has 2 aromatic rings. The average Bonchev–Trinajstić information content (AvgIpc) is 2.68. The summed E-state index contributed by atoms with van der Waals surface area (Å²) in [7, 11) is 0. The predicted octanol–water partition coefficient (Wildman–Crippen LogP) is 4.36. The highest BCUT2D eigenvalue weighted by atomic mass is 35.5. The van der Waals surface area contributed by atoms with Crippen LogP contribution in [0.25, 0.3) is 0 Å². The van der Waals surface area contributed by atoms with Crippen molar-refractivity contribution in [2.45, 2.75) is 52.7 Å². The first-order chi connectivity index (χ1) is 13.8. The molecule has 0 unspecified atom stereocenters. The SMILES string of the molecule is CC[C@H](C(=O)NC(C)C)N(Cc1ccccc1C)C(=O)COc1ccccc1Cl. The van der Waals surface area contributed by atoms with Gasteiger partial charge in [-0.15, -0.1) is 0 Å². The number of nitrogens with zero attached hydrogens (tertiary/aromatic N) is 1. The van der Waals surface area contributed by atoms with E-state index in [1.54, 1.807) is 29.2 Å². The number of aryl methyl sites for hydroxylation is 1. The highest BCUT2D eigenvalue weighted by Gasteiger charge is 2.29. The Bertz CT molecular complexity index is 838. The van der Waals surface area contributed by atoms with E-state index in [2.05, 4.69) is 5.32 Å². The van der Waals surface area contributed by atoms with Crippen molar-refractivity contribution < 1.29 is 14.3 Å². The third-order valence-electron chi connectivity index (χ3n) is 4.61. The fraction of sp³-hybridized carbons (Fsp3) is 0.391. The van der Waals surface area contributed by atoms with Crippen LogP contribution in [0.3, 0.4) is 0 Å². The van der Waals surface area contributed by atoms with Crippen LogP contribution in [-0.4, -0.2) is 35.4 Å². The van der Waals surface area contributed by atoms with Gasteiger partial charge in [-0.1, -0.05) is 54.9 Å². The van der Waals surface area contributed by atoms with Crippen LogP contribution in [0.2, 0.25) is 5.02 Å². The van der Waals surface area contributed by atoms with Crippen LogP contribution in [0.4, 0.5) is 0 Å². The molecule has 2 aromatic carbocycles. The predicted molar refractivity (Wildman–Crippen MR) is 116 cm³/mol. The molecule has 1 atom stereocenters. The van der Waals surface area contributed by atoms with E-state index < -0.39 is 6.04 Å². The third-order valence-corrected chi connectivity index (χ3v) is 4.92. The Morgan fingerprint density at radius 1 is 1.10 bits per heavy atom. The number of rotatable bonds is 9. The maximum absolute atomic E-state index is 13.1. The number of hydrogen-bond donors (Lipinski definition) is 1. The van der Waals surface area contributed by atoms with Gasteiger partial charge in [0.05, 0.1) is 5.02 Å². The van der Waals surface area contributed by atoms with E-state index in [-0.39, 0.29) is 24.5 Å². The third kappa shape index (κ3) is 6.50. The molecule has 0 aliphatic rings. The summed E-state index contributed by atoms with van der Waals surface area (Å²) in [6, 6.07) is 14.3. The number of hydrogen-bond acceptors (Lipinski definition) is 3. The Morgan fingerprint density at radius 2 is 1.76 bits per heavy atom. The first-order valence-corrected chi connectivity index (χ1v) is 10.2. The number of ether oxygens (including phenoxy) is 1. The zero-order valence-corrected chi connectivity index (χ0v) is 18.2. The van der Waals surface area contributed by atoms with Gasteiger partial charge in [0, 0.05) is 12.6 Å². The second-order valence-corrected chi connectivity index (χ2v) is 7.66. The molecule has 2 rings (SSSR count). The van der Waals surface area contributed by atoms with Crippen molar-refractivity contribution in [1.29, 1.82) is 0 Å². The van der Waals surface area contributed by atoms with Gasteiger partial charge < -0.3 is 15.0 Å². The Morgan fingerprint density at radius 3 is 2.38 bits per heavy atom. The molecule has 0 aliphatic heterocycles. The van der Waals surface area contributed by atoms with Gasteiger partial charge in [0.25, 0.3) is 5.91 Å². The van der Waals surface area contributed by atoms with Gasteiger partial charge in [0.1, 0.15) is 11.8 Å². The van der Waals surface area contributed by atoms with Gasteiger partial charge in [-0.2, -0.15) is 0 Å². The largest absolute Gasteiger partial charge is 0.482 e. The Balaban J connectivity index is 2.24. The van der Waals surface area contributed by atoms with Crippen molar-refractivity contribution >= 4 is 23.4 Å². The lowest BCUT2D eigenvalue weighted by Crippen LogP contribution is -2.51. The van der Waals surface area contributed by atoms with Crippen LogP contribution in [0.15, 0.2) is 48.5 Å². The van der Waals surface area contributed by atoms with Gasteiger partial charge in [-0.05, 0) is 50.5 Å². The van der Waals surface area contributed by atoms with E-state index in [4.69, 9.17) is 16.3 Å². The Hall–Kier alpha value is -2.53. The van der Waals surface area contributed by atoms with E-state index >= 15 is 0 Å². The maximum Gasteiger partial charge on any atom is 0.261 e. The van der Waals surface area contributed by atoms with E-state index in [1.807, 2.05) is 52.0 Å². The lowest BCUT2D eigenvalue weighted by atomic mass is 10.1. The van der Waals surface area contributed by atoms with Crippen molar-refractivity contribution in [1.82, 2.24) is 10.2 Å². The first kappa shape index (κ1) is 22.8. The molecule has 0 spiro atoms. The van der Waals surface area contributed by atoms with Crippen LogP contribution >= 0.6 is 11.6 Å². The zero-order chi connectivity index (χ0) is 21.4. The van der Waals surface area contributed by atoms with Crippen molar-refractivity contribution in [3.63, 3.8) is 0 Å². The summed E-state index contributed by atoms with van der Waals surface area (Å²) in [4.78, 5) is 27.5. The van der Waals surface area contributed by atoms with Gasteiger partial charge in [-0.3, -0.25) is 9.59 Å². The molecule has 0 bridgehead atoms. The molecule has 29 heavy (non-hydrogen) atoms. The monoisotopic (exact) mass is 416 g/mol. The molecule has 0 heterocycles. The molecule has 1 N–H and O–H groups in total. The average molecular weight is 417 g/mol. The van der Waals surface area contributed by atoms with Crippen molar-refractivity contribution in [2.24, 2.45) is 0 Å². The van der Waals surface area contributed by atoms with E-state index in [0.717, 1.165) is 11.1 Å². The van der Waals surface area contributed by atoms with E-state index in [9.17, 15) is 9.59 Å². The smallest absolute Gasteiger partial charge is 0.261 e. The topological polar surface area (TPSA) is 58.6 Å². The molecule has 0 radical (unpaired) electrons. The van der Waals surface area contributed by atoms with E-state index in [1.165, 1.54) is 0 Å². The number of halogens is 1. The quantitative estimate of drug-likeness (QED) is 0.660. The summed E-state index contributed by atoms with van der Waals surface area (Å²) in [5.41, 5.74) is 2.06. The van der Waals surface area contributed by atoms with Crippen LogP contribution in [0, 0.1) is 6.92 Å². The van der Waals surface area contributed by atoms with Crippen LogP contribution in [0.1, 0.15) is 38.3 Å². The van der Waals surface area contributed by atoms with Crippen molar-refractivity contribution in [3.05, 3.63) is 64.7 Å². The molecule has 2 amide bonds. The molecule has 0 saturated carbocycles. The van der Waals surface area contributed by atoms with Crippen molar-refractivity contribution in [2.75, 3.05) is 6.61 Å². The minimum absolute atomic E-state index is 0.00802. The number of carbonyl (C=O) groups is 2. The van der Waals surface area contributed by atoms with Crippen LogP contribution < -0.4 is 10.1 Å². The van der Waals surface area contributed by atoms with Gasteiger partial charge >= 0.3 is 0 Å². The molecule has 6 heteroatoms. The van der Waals surface area contributed by atoms with Gasteiger partial charge in [0.15, 0.2) is 6.61 Å². The number of benzene rings is 2. The summed E-state index contributed by atoms with van der Waals surface area (Å²) < 4.78 is 5.65. The molecular weight excluding hydrogens is 388 g/mol. The molecular formula is C23H29ClN2O3. The number of amides is 2. The second-order valence-electron chi connectivity index (χ2n) is 7.25. The van der Waals surface area contributed by atoms with Crippen LogP contribution in [0.5, 0.6) is 5.75 Å². The summed E-state index contributed by atoms with van der Waals surface area (Å²) in [5, 5.41) is 3.36. The molecule has 0 fully saturated rings. The molecule has 5 nitrogen and oxygen atoms in total. The number of carbonyl (C=O) groups excluding carboxylic acids is 2. The normalized spacial score (nSPS) is 11.8. The second kappa shape index (κ2) is 10.9. The molecule has 156 valence electrons. The molecule has 0 aliphatic carbocycles. The van der Waals surface area contributed by atoms with Gasteiger partial charge in [0.2, 0.25) is 5.91 Å². The zero-order valence-electron chi connectivity index (χ0n) is 17.4. The highest BCUT2D eigenvalue weighted by molar-refractivity contribution is 6.32. The van der Waals surface area contributed by atoms with Crippen molar-refractivity contribution in [3.8, 4) is 5.75 Å². The standard InChI is InChI=1S/C23H29ClN2O3/c1-5-20(23(28)25-16(2)3)26(14-18-11-7-6-10-17(18)4)22(27)15-29-21-13-9-8-12-19(21)24/h6-13,16,20H,5,14-15H2,1-4H3,(H,25,28)/t20-/m1/s1. The highest BCUT2D eigenvalue weighted by Crippen LogP contribution is 2.23. The molecule has 0 saturated heterocycles. The lowest BCUT2D eigenvalue weighted by Gasteiger charge is -2.31. The van der Waals surface area contributed by atoms with E-state index in [0.29, 0.717) is 23.7 Å². The number of nitrogens with one attached hydrogen (secondary N) is 1. The first-order valence-electron chi connectivity index (χ1n) is 9.85. The minimum atomic E-state index is -0.584. The summed E-state index contributed by atoms with van der Waals surface area (Å²) >= 11 is 6.12. The fourth-order valence-corrected chi connectivity index (χ4v) is 3.25. The Kier molecular flexibility index (Phi) is 8.52. The maximum atomic E-state index is 13.1. The minimum Gasteiger partial charge on any atom is -0.482 e. The summed E-state index contributed by atoms with van der Waals surface area (Å²) in [6.45, 7) is 7.84. The lowest BCUT2D eigenvalue weighted by molar-refractivity contribution is -0.143.